The molecule has 212 valence electrons. The van der Waals surface area contributed by atoms with Crippen molar-refractivity contribution in [2.24, 2.45) is 0 Å². The minimum absolute atomic E-state index is 0.180. The topological polar surface area (TPSA) is 67.7 Å². The number of aliphatic hydroxyl groups is 1. The van der Waals surface area contributed by atoms with E-state index in [1.807, 2.05) is 42.5 Å². The highest BCUT2D eigenvalue weighted by atomic mass is 35.5. The zero-order valence-electron chi connectivity index (χ0n) is 22.4. The van der Waals surface area contributed by atoms with E-state index in [1.165, 1.54) is 6.07 Å². The maximum Gasteiger partial charge on any atom is 0.222 e. The fourth-order valence-electron chi connectivity index (χ4n) is 5.64. The van der Waals surface area contributed by atoms with Gasteiger partial charge in [0, 0.05) is 54.8 Å². The second-order valence-corrected chi connectivity index (χ2v) is 11.3. The Kier molecular flexibility index (Phi) is 8.40. The molecule has 1 aromatic heterocycles. The summed E-state index contributed by atoms with van der Waals surface area (Å²) in [4.78, 5) is 10.4. The van der Waals surface area contributed by atoms with E-state index < -0.39 is 0 Å². The standard InChI is InChI=1S/C32H30Cl2FN3O3/c33-27-14-21(18-38-12-10-22(39)11-13-38)30(40-19-20-16-36-32(34)37-17-20)15-31(27)41-29-9-8-24-23(5-3-6-26(24)29)25-4-1-2-7-28(25)35/h1-7,14-17,22,29,39H,8-13,18-19H2/t29-/m0/s1. The van der Waals surface area contributed by atoms with E-state index in [-0.39, 0.29) is 29.9 Å². The molecule has 9 heteroatoms. The van der Waals surface area contributed by atoms with Crippen LogP contribution in [0, 0.1) is 5.82 Å². The molecule has 0 unspecified atom stereocenters. The first-order valence-electron chi connectivity index (χ1n) is 13.8. The molecule has 0 radical (unpaired) electrons. The van der Waals surface area contributed by atoms with E-state index in [1.54, 1.807) is 18.5 Å². The molecule has 2 heterocycles. The van der Waals surface area contributed by atoms with Crippen LogP contribution in [-0.2, 0) is 19.6 Å². The van der Waals surface area contributed by atoms with Crippen LogP contribution in [0.5, 0.6) is 11.5 Å². The van der Waals surface area contributed by atoms with Crippen LogP contribution < -0.4 is 9.47 Å². The lowest BCUT2D eigenvalue weighted by Crippen LogP contribution is -2.35. The third-order valence-electron chi connectivity index (χ3n) is 7.78. The highest BCUT2D eigenvalue weighted by molar-refractivity contribution is 6.32. The molecule has 0 bridgehead atoms. The molecule has 0 amide bonds. The maximum atomic E-state index is 14.6. The Hall–Kier alpha value is -3.23. The number of fused-ring (bicyclic) bond motifs is 1. The number of aromatic nitrogens is 2. The number of piperidine rings is 1. The quantitative estimate of drug-likeness (QED) is 0.218. The van der Waals surface area contributed by atoms with Gasteiger partial charge in [0.05, 0.1) is 11.1 Å². The van der Waals surface area contributed by atoms with E-state index in [9.17, 15) is 9.50 Å². The van der Waals surface area contributed by atoms with Gasteiger partial charge in [-0.1, -0.05) is 48.0 Å². The summed E-state index contributed by atoms with van der Waals surface area (Å²) in [7, 11) is 0. The van der Waals surface area contributed by atoms with Crippen molar-refractivity contribution in [1.82, 2.24) is 14.9 Å². The number of ether oxygens (including phenoxy) is 2. The van der Waals surface area contributed by atoms with Gasteiger partial charge in [-0.15, -0.1) is 0 Å². The summed E-state index contributed by atoms with van der Waals surface area (Å²) in [6.45, 7) is 2.48. The first-order valence-corrected chi connectivity index (χ1v) is 14.6. The van der Waals surface area contributed by atoms with Crippen molar-refractivity contribution in [3.05, 3.63) is 105 Å². The Morgan fingerprint density at radius 2 is 1.68 bits per heavy atom. The lowest BCUT2D eigenvalue weighted by molar-refractivity contribution is 0.0787. The molecule has 3 aromatic carbocycles. The van der Waals surface area contributed by atoms with Gasteiger partial charge in [0.15, 0.2) is 0 Å². The number of hydrogen-bond donors (Lipinski definition) is 1. The third-order valence-corrected chi connectivity index (χ3v) is 8.27. The van der Waals surface area contributed by atoms with Crippen LogP contribution in [0.3, 0.4) is 0 Å². The van der Waals surface area contributed by atoms with Gasteiger partial charge in [0.2, 0.25) is 5.28 Å². The first-order chi connectivity index (χ1) is 19.9. The molecule has 1 fully saturated rings. The van der Waals surface area contributed by atoms with Gasteiger partial charge in [-0.2, -0.15) is 0 Å². The Morgan fingerprint density at radius 3 is 2.46 bits per heavy atom. The minimum atomic E-state index is -0.251. The van der Waals surface area contributed by atoms with Crippen molar-refractivity contribution in [3.63, 3.8) is 0 Å². The fourth-order valence-corrected chi connectivity index (χ4v) is 5.97. The molecular formula is C32H30Cl2FN3O3. The van der Waals surface area contributed by atoms with Gasteiger partial charge in [-0.25, -0.2) is 14.4 Å². The van der Waals surface area contributed by atoms with Crippen LogP contribution >= 0.6 is 23.2 Å². The van der Waals surface area contributed by atoms with E-state index in [0.717, 1.165) is 66.6 Å². The first kappa shape index (κ1) is 27.9. The zero-order chi connectivity index (χ0) is 28.3. The van der Waals surface area contributed by atoms with Gasteiger partial charge in [0.25, 0.3) is 0 Å². The number of nitrogens with zero attached hydrogens (tertiary/aromatic N) is 3. The normalized spacial score (nSPS) is 17.4. The number of likely N-dealkylation sites (tertiary alicyclic amines) is 1. The average Bonchev–Trinajstić information content (AvgIpc) is 3.39. The molecule has 6 nitrogen and oxygen atoms in total. The summed E-state index contributed by atoms with van der Waals surface area (Å²) in [5.41, 5.74) is 5.35. The van der Waals surface area contributed by atoms with E-state index in [0.29, 0.717) is 28.6 Å². The largest absolute Gasteiger partial charge is 0.488 e. The molecule has 0 spiro atoms. The Bertz CT molecular complexity index is 1530. The van der Waals surface area contributed by atoms with Crippen molar-refractivity contribution in [1.29, 1.82) is 0 Å². The summed E-state index contributed by atoms with van der Waals surface area (Å²) in [5.74, 6) is 0.949. The maximum absolute atomic E-state index is 14.6. The van der Waals surface area contributed by atoms with Crippen LogP contribution in [0.25, 0.3) is 11.1 Å². The molecule has 41 heavy (non-hydrogen) atoms. The molecule has 1 N–H and O–H groups in total. The third kappa shape index (κ3) is 6.33. The van der Waals surface area contributed by atoms with Crippen molar-refractivity contribution < 1.29 is 19.0 Å². The summed E-state index contributed by atoms with van der Waals surface area (Å²) in [6.07, 6.45) is 5.81. The van der Waals surface area contributed by atoms with Gasteiger partial charge in [-0.05, 0) is 66.1 Å². The Morgan fingerprint density at radius 1 is 0.927 bits per heavy atom. The summed E-state index contributed by atoms with van der Waals surface area (Å²) in [5, 5.41) is 10.6. The van der Waals surface area contributed by atoms with Crippen molar-refractivity contribution in [2.45, 2.75) is 51.0 Å². The lowest BCUT2D eigenvalue weighted by Gasteiger charge is -2.30. The van der Waals surface area contributed by atoms with Crippen LogP contribution in [-0.4, -0.2) is 39.2 Å². The SMILES string of the molecule is OC1CCN(Cc2cc(Cl)c(O[C@H]3CCc4c(-c5ccccc5F)cccc43)cc2OCc2cnc(Cl)nc2)CC1. The molecule has 1 aliphatic carbocycles. The van der Waals surface area contributed by atoms with Crippen LogP contribution in [0.1, 0.15) is 47.6 Å². The van der Waals surface area contributed by atoms with Crippen LogP contribution in [0.15, 0.2) is 67.0 Å². The molecule has 1 aliphatic heterocycles. The molecule has 0 saturated carbocycles. The lowest BCUT2D eigenvalue weighted by atomic mass is 9.96. The number of rotatable bonds is 8. The minimum Gasteiger partial charge on any atom is -0.488 e. The van der Waals surface area contributed by atoms with Gasteiger partial charge >= 0.3 is 0 Å². The van der Waals surface area contributed by atoms with E-state index in [2.05, 4.69) is 14.9 Å². The molecule has 1 saturated heterocycles. The van der Waals surface area contributed by atoms with E-state index >= 15 is 0 Å². The fraction of sp³-hybridized carbons (Fsp3) is 0.312. The molecule has 2 aliphatic rings. The smallest absolute Gasteiger partial charge is 0.222 e. The average molecular weight is 595 g/mol. The van der Waals surface area contributed by atoms with Crippen LogP contribution in [0.4, 0.5) is 4.39 Å². The summed E-state index contributed by atoms with van der Waals surface area (Å²) in [6, 6.07) is 16.6. The molecule has 6 rings (SSSR count). The number of benzene rings is 3. The predicted octanol–water partition coefficient (Wildman–Crippen LogP) is 7.19. The van der Waals surface area contributed by atoms with Crippen molar-refractivity contribution in [3.8, 4) is 22.6 Å². The van der Waals surface area contributed by atoms with Gasteiger partial charge < -0.3 is 14.6 Å². The van der Waals surface area contributed by atoms with E-state index in [4.69, 9.17) is 32.7 Å². The number of hydrogen-bond acceptors (Lipinski definition) is 6. The van der Waals surface area contributed by atoms with Crippen molar-refractivity contribution >= 4 is 23.2 Å². The molecule has 4 aromatic rings. The Balaban J connectivity index is 1.27. The molecular weight excluding hydrogens is 564 g/mol. The second kappa shape index (κ2) is 12.3. The Labute approximate surface area is 248 Å². The van der Waals surface area contributed by atoms with Gasteiger partial charge in [0.1, 0.15) is 30.0 Å². The number of halogens is 3. The van der Waals surface area contributed by atoms with Crippen molar-refractivity contribution in [2.75, 3.05) is 13.1 Å². The van der Waals surface area contributed by atoms with Crippen LogP contribution in [0.2, 0.25) is 10.3 Å². The highest BCUT2D eigenvalue weighted by Gasteiger charge is 2.28. The highest BCUT2D eigenvalue weighted by Crippen LogP contribution is 2.43. The summed E-state index contributed by atoms with van der Waals surface area (Å²) < 4.78 is 27.4. The van der Waals surface area contributed by atoms with Gasteiger partial charge in [-0.3, -0.25) is 4.90 Å². The zero-order valence-corrected chi connectivity index (χ0v) is 23.9. The second-order valence-electron chi connectivity index (χ2n) is 10.5. The monoisotopic (exact) mass is 593 g/mol. The molecule has 1 atom stereocenters. The number of aliphatic hydroxyl groups excluding tert-OH is 1. The predicted molar refractivity (Wildman–Crippen MR) is 157 cm³/mol. The summed E-state index contributed by atoms with van der Waals surface area (Å²) >= 11 is 12.7.